The van der Waals surface area contributed by atoms with Crippen molar-refractivity contribution in [1.82, 2.24) is 10.6 Å². The van der Waals surface area contributed by atoms with Crippen LogP contribution in [-0.2, 0) is 9.59 Å². The van der Waals surface area contributed by atoms with Gasteiger partial charge < -0.3 is 16.4 Å². The number of carbonyl (C=O) groups is 2. The summed E-state index contributed by atoms with van der Waals surface area (Å²) < 4.78 is 0. The van der Waals surface area contributed by atoms with Crippen molar-refractivity contribution in [1.29, 1.82) is 0 Å². The molecule has 0 aromatic rings. The molecule has 17 heavy (non-hydrogen) atoms. The predicted octanol–water partition coefficient (Wildman–Crippen LogP) is 0.321. The first kappa shape index (κ1) is 16.2. The lowest BCUT2D eigenvalue weighted by Gasteiger charge is -2.32. The van der Waals surface area contributed by atoms with Crippen LogP contribution in [0.5, 0.6) is 0 Å². The molecular formula is C11H22ClN3O2. The van der Waals surface area contributed by atoms with Gasteiger partial charge in [0.2, 0.25) is 11.8 Å². The Morgan fingerprint density at radius 2 is 2.12 bits per heavy atom. The van der Waals surface area contributed by atoms with E-state index in [4.69, 9.17) is 5.73 Å². The first-order valence-corrected chi connectivity index (χ1v) is 5.88. The molecule has 0 bridgehead atoms. The van der Waals surface area contributed by atoms with E-state index in [1.54, 1.807) is 0 Å². The molecule has 6 heteroatoms. The third-order valence-corrected chi connectivity index (χ3v) is 3.44. The fourth-order valence-electron chi connectivity index (χ4n) is 1.93. The van der Waals surface area contributed by atoms with Crippen LogP contribution in [0, 0.1) is 0 Å². The van der Waals surface area contributed by atoms with E-state index < -0.39 is 0 Å². The van der Waals surface area contributed by atoms with Crippen molar-refractivity contribution in [3.05, 3.63) is 0 Å². The van der Waals surface area contributed by atoms with Gasteiger partial charge in [-0.25, -0.2) is 0 Å². The van der Waals surface area contributed by atoms with E-state index in [9.17, 15) is 9.59 Å². The number of hydrogen-bond donors (Lipinski definition) is 3. The van der Waals surface area contributed by atoms with Gasteiger partial charge in [-0.05, 0) is 19.3 Å². The molecule has 5 nitrogen and oxygen atoms in total. The molecule has 1 heterocycles. The highest BCUT2D eigenvalue weighted by molar-refractivity contribution is 5.91. The molecule has 0 radical (unpaired) electrons. The van der Waals surface area contributed by atoms with Crippen molar-refractivity contribution in [2.24, 2.45) is 5.73 Å². The Morgan fingerprint density at radius 3 is 2.47 bits per heavy atom. The topological polar surface area (TPSA) is 84.2 Å². The number of rotatable bonds is 5. The van der Waals surface area contributed by atoms with Crippen molar-refractivity contribution >= 4 is 24.2 Å². The molecule has 1 aliphatic rings. The number of halogens is 1. The Morgan fingerprint density at radius 1 is 1.53 bits per heavy atom. The highest BCUT2D eigenvalue weighted by Crippen LogP contribution is 2.15. The van der Waals surface area contributed by atoms with Gasteiger partial charge in [-0.2, -0.15) is 0 Å². The highest BCUT2D eigenvalue weighted by Gasteiger charge is 2.32. The number of hydrogen-bond acceptors (Lipinski definition) is 3. The van der Waals surface area contributed by atoms with Crippen LogP contribution >= 0.6 is 12.4 Å². The van der Waals surface area contributed by atoms with E-state index in [1.807, 2.05) is 13.8 Å². The summed E-state index contributed by atoms with van der Waals surface area (Å²) in [7, 11) is 0. The summed E-state index contributed by atoms with van der Waals surface area (Å²) in [5, 5.41) is 5.62. The molecule has 0 saturated carbocycles. The Hall–Kier alpha value is -0.810. The number of nitrogens with two attached hydrogens (primary N) is 1. The molecule has 4 N–H and O–H groups in total. The van der Waals surface area contributed by atoms with Gasteiger partial charge in [-0.1, -0.05) is 13.8 Å². The molecule has 1 unspecified atom stereocenters. The molecule has 1 aliphatic heterocycles. The van der Waals surface area contributed by atoms with E-state index in [0.29, 0.717) is 19.4 Å². The van der Waals surface area contributed by atoms with Crippen LogP contribution in [-0.4, -0.2) is 29.9 Å². The Kier molecular flexibility index (Phi) is 6.49. The van der Waals surface area contributed by atoms with Crippen LogP contribution in [0.15, 0.2) is 0 Å². The number of nitrogens with one attached hydrogen (secondary N) is 2. The van der Waals surface area contributed by atoms with Crippen LogP contribution in [0.4, 0.5) is 0 Å². The monoisotopic (exact) mass is 263 g/mol. The van der Waals surface area contributed by atoms with Crippen molar-refractivity contribution in [2.45, 2.75) is 51.1 Å². The second kappa shape index (κ2) is 6.81. The maximum atomic E-state index is 11.9. The van der Waals surface area contributed by atoms with E-state index in [2.05, 4.69) is 10.6 Å². The quantitative estimate of drug-likeness (QED) is 0.668. The standard InChI is InChI=1S/C11H21N3O2.ClH/c1-3-11(4-2,7-12)14-10(16)8-5-6-9(15)13-8;/h8H,3-7,12H2,1-2H3,(H,13,15)(H,14,16);1H. The Labute approximate surface area is 108 Å². The maximum Gasteiger partial charge on any atom is 0.243 e. The molecule has 0 aromatic heterocycles. The minimum atomic E-state index is -0.378. The zero-order valence-electron chi connectivity index (χ0n) is 10.4. The molecule has 2 amide bonds. The van der Waals surface area contributed by atoms with Crippen LogP contribution < -0.4 is 16.4 Å². The number of carbonyl (C=O) groups excluding carboxylic acids is 2. The Balaban J connectivity index is 0.00000256. The van der Waals surface area contributed by atoms with Gasteiger partial charge in [-0.15, -0.1) is 12.4 Å². The van der Waals surface area contributed by atoms with Gasteiger partial charge in [0.15, 0.2) is 0 Å². The van der Waals surface area contributed by atoms with Gasteiger partial charge in [0.05, 0.1) is 5.54 Å². The molecule has 1 rings (SSSR count). The fourth-order valence-corrected chi connectivity index (χ4v) is 1.93. The highest BCUT2D eigenvalue weighted by atomic mass is 35.5. The largest absolute Gasteiger partial charge is 0.348 e. The minimum Gasteiger partial charge on any atom is -0.348 e. The first-order chi connectivity index (χ1) is 7.56. The first-order valence-electron chi connectivity index (χ1n) is 5.88. The van der Waals surface area contributed by atoms with E-state index in [-0.39, 0.29) is 35.8 Å². The molecule has 0 aromatic carbocycles. The predicted molar refractivity (Wildman–Crippen MR) is 68.9 cm³/mol. The van der Waals surface area contributed by atoms with Gasteiger partial charge in [0.1, 0.15) is 6.04 Å². The summed E-state index contributed by atoms with van der Waals surface area (Å²) in [4.78, 5) is 22.9. The zero-order valence-corrected chi connectivity index (χ0v) is 11.2. The third-order valence-electron chi connectivity index (χ3n) is 3.44. The van der Waals surface area contributed by atoms with E-state index in [1.165, 1.54) is 0 Å². The second-order valence-electron chi connectivity index (χ2n) is 4.34. The van der Waals surface area contributed by atoms with Crippen molar-refractivity contribution < 1.29 is 9.59 Å². The SMILES string of the molecule is CCC(CC)(CN)NC(=O)C1CCC(=O)N1.Cl. The van der Waals surface area contributed by atoms with Crippen LogP contribution in [0.25, 0.3) is 0 Å². The second-order valence-corrected chi connectivity index (χ2v) is 4.34. The molecule has 1 atom stereocenters. The summed E-state index contributed by atoms with van der Waals surface area (Å²) in [6, 6.07) is -0.378. The summed E-state index contributed by atoms with van der Waals surface area (Å²) in [5.41, 5.74) is 5.37. The van der Waals surface area contributed by atoms with Crippen LogP contribution in [0.1, 0.15) is 39.5 Å². The number of amides is 2. The van der Waals surface area contributed by atoms with Crippen LogP contribution in [0.2, 0.25) is 0 Å². The van der Waals surface area contributed by atoms with Gasteiger partial charge >= 0.3 is 0 Å². The molecule has 0 spiro atoms. The third kappa shape index (κ3) is 3.85. The molecule has 1 fully saturated rings. The normalized spacial score (nSPS) is 19.5. The average molecular weight is 264 g/mol. The van der Waals surface area contributed by atoms with Crippen molar-refractivity contribution in [2.75, 3.05) is 6.54 Å². The molecular weight excluding hydrogens is 242 g/mol. The molecule has 100 valence electrons. The summed E-state index contributed by atoms with van der Waals surface area (Å²) in [6.07, 6.45) is 2.61. The van der Waals surface area contributed by atoms with E-state index in [0.717, 1.165) is 12.8 Å². The van der Waals surface area contributed by atoms with Gasteiger partial charge in [0, 0.05) is 13.0 Å². The summed E-state index contributed by atoms with van der Waals surface area (Å²) in [5.74, 6) is -0.161. The lowest BCUT2D eigenvalue weighted by atomic mass is 9.92. The fraction of sp³-hybridized carbons (Fsp3) is 0.818. The molecule has 0 aliphatic carbocycles. The Bertz CT molecular complexity index is 272. The zero-order chi connectivity index (χ0) is 12.2. The van der Waals surface area contributed by atoms with Gasteiger partial charge in [0.25, 0.3) is 0 Å². The van der Waals surface area contributed by atoms with Crippen molar-refractivity contribution in [3.63, 3.8) is 0 Å². The van der Waals surface area contributed by atoms with Crippen molar-refractivity contribution in [3.8, 4) is 0 Å². The summed E-state index contributed by atoms with van der Waals surface area (Å²) >= 11 is 0. The summed E-state index contributed by atoms with van der Waals surface area (Å²) in [6.45, 7) is 4.43. The van der Waals surface area contributed by atoms with E-state index >= 15 is 0 Å². The van der Waals surface area contributed by atoms with Crippen LogP contribution in [0.3, 0.4) is 0 Å². The van der Waals surface area contributed by atoms with Gasteiger partial charge in [-0.3, -0.25) is 9.59 Å². The lowest BCUT2D eigenvalue weighted by molar-refractivity contribution is -0.127. The lowest BCUT2D eigenvalue weighted by Crippen LogP contribution is -2.57. The molecule has 1 saturated heterocycles. The minimum absolute atomic E-state index is 0. The smallest absolute Gasteiger partial charge is 0.243 e. The average Bonchev–Trinajstić information content (AvgIpc) is 2.73. The maximum absolute atomic E-state index is 11.9.